The van der Waals surface area contributed by atoms with E-state index < -0.39 is 20.1 Å². The lowest BCUT2D eigenvalue weighted by Crippen LogP contribution is -2.52. The van der Waals surface area contributed by atoms with Crippen molar-refractivity contribution >= 4 is 36.7 Å². The van der Waals surface area contributed by atoms with Gasteiger partial charge in [-0.2, -0.15) is 0 Å². The van der Waals surface area contributed by atoms with E-state index in [0.29, 0.717) is 34.5 Å². The monoisotopic (exact) mass is 667 g/mol. The number of likely N-dealkylation sites (tertiary alicyclic amines) is 2. The van der Waals surface area contributed by atoms with E-state index in [1.54, 1.807) is 36.8 Å². The number of anilines is 1. The molecule has 0 atom stereocenters. The third-order valence-electron chi connectivity index (χ3n) is 10.2. The second-order valence-corrected chi connectivity index (χ2v) is 18.5. The van der Waals surface area contributed by atoms with Crippen LogP contribution in [0.5, 0.6) is 5.75 Å². The molecule has 3 saturated heterocycles. The van der Waals surface area contributed by atoms with Crippen molar-refractivity contribution in [3.8, 4) is 5.75 Å². The molecule has 0 aliphatic carbocycles. The lowest BCUT2D eigenvalue weighted by atomic mass is 9.95. The Bertz CT molecular complexity index is 1570. The van der Waals surface area contributed by atoms with Crippen LogP contribution < -0.4 is 9.64 Å². The van der Waals surface area contributed by atoms with Crippen molar-refractivity contribution in [1.29, 1.82) is 0 Å². The fourth-order valence-electron chi connectivity index (χ4n) is 7.50. The second-order valence-electron chi connectivity index (χ2n) is 13.6. The van der Waals surface area contributed by atoms with Gasteiger partial charge in [-0.15, -0.1) is 0 Å². The molecule has 0 saturated carbocycles. The van der Waals surface area contributed by atoms with E-state index in [1.165, 1.54) is 51.4 Å². The van der Waals surface area contributed by atoms with Crippen molar-refractivity contribution in [2.75, 3.05) is 63.3 Å². The van der Waals surface area contributed by atoms with Crippen LogP contribution >= 0.6 is 10.3 Å². The quantitative estimate of drug-likeness (QED) is 0.220. The van der Waals surface area contributed by atoms with Gasteiger partial charge in [-0.1, -0.05) is 19.8 Å². The van der Waals surface area contributed by atoms with E-state index in [9.17, 15) is 13.0 Å². The van der Waals surface area contributed by atoms with Gasteiger partial charge in [-0.3, -0.25) is 4.98 Å². The summed E-state index contributed by atoms with van der Waals surface area (Å²) < 4.78 is 47.5. The third-order valence-corrected chi connectivity index (χ3v) is 13.4. The number of pyridine rings is 1. The molecule has 0 bridgehead atoms. The van der Waals surface area contributed by atoms with E-state index in [-0.39, 0.29) is 9.79 Å². The normalized spacial score (nSPS) is 20.3. The Morgan fingerprint density at radius 3 is 2.07 bits per heavy atom. The van der Waals surface area contributed by atoms with Gasteiger partial charge in [-0.05, 0) is 131 Å². The molecule has 3 aliphatic heterocycles. The molecule has 0 unspecified atom stereocenters. The Hall–Kier alpha value is -2.37. The maximum Gasteiger partial charge on any atom is 0.210 e. The number of unbranched alkanes of at least 4 members (excludes halogenated alkanes) is 1. The van der Waals surface area contributed by atoms with Crippen LogP contribution in [0.25, 0.3) is 10.9 Å². The highest BCUT2D eigenvalue weighted by atomic mass is 32.3. The smallest absolute Gasteiger partial charge is 0.210 e. The van der Waals surface area contributed by atoms with E-state index in [2.05, 4.69) is 26.6 Å². The summed E-state index contributed by atoms with van der Waals surface area (Å²) in [4.78, 5) is 13.4. The van der Waals surface area contributed by atoms with Crippen LogP contribution in [0.15, 0.2) is 63.3 Å². The highest BCUT2D eigenvalue weighted by Crippen LogP contribution is 2.47. The molecular formula is C36H51N4O4S2-. The van der Waals surface area contributed by atoms with Gasteiger partial charge in [0.2, 0.25) is 9.84 Å². The first kappa shape index (κ1) is 33.5. The molecular weight excluding hydrogens is 617 g/mol. The molecule has 4 heterocycles. The Morgan fingerprint density at radius 1 is 0.826 bits per heavy atom. The summed E-state index contributed by atoms with van der Waals surface area (Å²) in [5.74, 6) is 0.664. The maximum atomic E-state index is 14.3. The first-order chi connectivity index (χ1) is 22.1. The number of hydrogen-bond donors (Lipinski definition) is 0. The summed E-state index contributed by atoms with van der Waals surface area (Å²) in [6.45, 7) is 9.06. The van der Waals surface area contributed by atoms with Crippen molar-refractivity contribution in [1.82, 2.24) is 14.8 Å². The van der Waals surface area contributed by atoms with Crippen LogP contribution in [0, 0.1) is 0 Å². The minimum absolute atomic E-state index is 0.205. The zero-order chi connectivity index (χ0) is 32.3. The number of hydrogen-bond acceptors (Lipinski definition) is 8. The van der Waals surface area contributed by atoms with Gasteiger partial charge >= 0.3 is 0 Å². The predicted molar refractivity (Wildman–Crippen MR) is 188 cm³/mol. The minimum atomic E-state index is -3.90. The summed E-state index contributed by atoms with van der Waals surface area (Å²) in [6, 6.07) is 13.6. The molecule has 6 rings (SSSR count). The number of nitrogens with zero attached hydrogens (tertiary/aromatic N) is 4. The Morgan fingerprint density at radius 2 is 1.43 bits per heavy atom. The van der Waals surface area contributed by atoms with E-state index in [4.69, 9.17) is 4.74 Å². The first-order valence-electron chi connectivity index (χ1n) is 17.2. The van der Waals surface area contributed by atoms with Crippen LogP contribution in [0.1, 0.15) is 64.7 Å². The van der Waals surface area contributed by atoms with Crippen LogP contribution in [0.3, 0.4) is 0 Å². The molecule has 46 heavy (non-hydrogen) atoms. The molecule has 3 fully saturated rings. The van der Waals surface area contributed by atoms with Gasteiger partial charge < -0.3 is 34.3 Å². The number of sulfone groups is 1. The fourth-order valence-corrected chi connectivity index (χ4v) is 9.73. The lowest BCUT2D eigenvalue weighted by molar-refractivity contribution is 0.0654. The Labute approximate surface area is 277 Å². The summed E-state index contributed by atoms with van der Waals surface area (Å²) in [5.41, 5.74) is 1.39. The van der Waals surface area contributed by atoms with Crippen LogP contribution in [-0.2, 0) is 9.84 Å². The van der Waals surface area contributed by atoms with Gasteiger partial charge in [0, 0.05) is 36.8 Å². The summed E-state index contributed by atoms with van der Waals surface area (Å²) >= 11 is 0. The summed E-state index contributed by atoms with van der Waals surface area (Å²) in [7, 11) is -6.16. The van der Waals surface area contributed by atoms with E-state index in [0.717, 1.165) is 63.3 Å². The maximum absolute atomic E-state index is 14.3. The highest BCUT2D eigenvalue weighted by Gasteiger charge is 2.33. The molecule has 0 spiro atoms. The molecule has 0 radical (unpaired) electrons. The first-order valence-corrected chi connectivity index (χ1v) is 21.1. The van der Waals surface area contributed by atoms with Crippen LogP contribution in [0.4, 0.5) is 5.69 Å². The van der Waals surface area contributed by atoms with Gasteiger partial charge in [-0.25, -0.2) is 8.42 Å². The molecule has 3 aliphatic rings. The number of piperidine rings is 3. The molecule has 2 aromatic carbocycles. The van der Waals surface area contributed by atoms with E-state index >= 15 is 0 Å². The van der Waals surface area contributed by atoms with Crippen molar-refractivity contribution in [2.24, 2.45) is 0 Å². The molecule has 3 aromatic rings. The Balaban J connectivity index is 1.25. The SMILES string of the molecule is CCCCOc1ccc(S(=O)(=O)c2cnc3ccc(S(C)(C)[O-])cc3c2N2CCC(N3CCC(N4CCCCC4)CC3)CC2)cc1. The average Bonchev–Trinajstić information content (AvgIpc) is 3.08. The third kappa shape index (κ3) is 7.36. The van der Waals surface area contributed by atoms with Gasteiger partial charge in [0.05, 0.1) is 22.7 Å². The van der Waals surface area contributed by atoms with Crippen molar-refractivity contribution < 1.29 is 17.7 Å². The van der Waals surface area contributed by atoms with Gasteiger partial charge in [0.15, 0.2) is 0 Å². The van der Waals surface area contributed by atoms with Crippen molar-refractivity contribution in [2.45, 2.75) is 91.5 Å². The molecule has 252 valence electrons. The number of ether oxygens (including phenoxy) is 1. The molecule has 1 aromatic heterocycles. The molecule has 0 N–H and O–H groups in total. The fraction of sp³-hybridized carbons (Fsp3) is 0.583. The minimum Gasteiger partial charge on any atom is -0.809 e. The lowest BCUT2D eigenvalue weighted by Gasteiger charge is -2.45. The largest absolute Gasteiger partial charge is 0.809 e. The van der Waals surface area contributed by atoms with Crippen LogP contribution in [0.2, 0.25) is 0 Å². The standard InChI is InChI=1S/C36H52N4O4S2/c1-4-5-25-44-30-9-11-31(12-10-30)46(42,43)35-27-37-34-14-13-32(45(2,3)41)26-33(34)36(35)40-23-17-29(18-24-40)39-21-15-28(16-22-39)38-19-7-6-8-20-38/h9-14,26-29,41H,4-8,15-25H2,1-3H3/p-1. The molecule has 8 nitrogen and oxygen atoms in total. The van der Waals surface area contributed by atoms with Gasteiger partial charge in [0.25, 0.3) is 0 Å². The zero-order valence-corrected chi connectivity index (χ0v) is 29.5. The summed E-state index contributed by atoms with van der Waals surface area (Å²) in [5, 5.41) is 0.746. The number of rotatable bonds is 10. The van der Waals surface area contributed by atoms with Gasteiger partial charge in [0.1, 0.15) is 10.6 Å². The number of aromatic nitrogens is 1. The molecule has 0 amide bonds. The van der Waals surface area contributed by atoms with Crippen molar-refractivity contribution in [3.05, 3.63) is 48.7 Å². The van der Waals surface area contributed by atoms with E-state index in [1.807, 2.05) is 18.2 Å². The summed E-state index contributed by atoms with van der Waals surface area (Å²) in [6.07, 6.45) is 15.5. The molecule has 10 heteroatoms. The zero-order valence-electron chi connectivity index (χ0n) is 27.8. The number of benzene rings is 2. The second kappa shape index (κ2) is 14.4. The predicted octanol–water partition coefficient (Wildman–Crippen LogP) is 6.72. The topological polar surface area (TPSA) is 89.0 Å². The average molecular weight is 668 g/mol. The number of fused-ring (bicyclic) bond motifs is 1. The van der Waals surface area contributed by atoms with Crippen molar-refractivity contribution in [3.63, 3.8) is 0 Å². The van der Waals surface area contributed by atoms with Crippen LogP contribution in [-0.4, -0.2) is 98.2 Å². The Kier molecular flexibility index (Phi) is 10.5. The highest BCUT2D eigenvalue weighted by molar-refractivity contribution is 8.28.